The van der Waals surface area contributed by atoms with Gasteiger partial charge in [-0.3, -0.25) is 4.79 Å². The number of nitrogens with one attached hydrogen (secondary N) is 3. The van der Waals surface area contributed by atoms with E-state index >= 15 is 0 Å². The van der Waals surface area contributed by atoms with Crippen molar-refractivity contribution in [2.24, 2.45) is 0 Å². The fraction of sp³-hybridized carbons (Fsp3) is 0.0909. The van der Waals surface area contributed by atoms with Gasteiger partial charge in [0, 0.05) is 11.8 Å². The molecule has 18 heavy (non-hydrogen) atoms. The van der Waals surface area contributed by atoms with Gasteiger partial charge < -0.3 is 26.5 Å². The van der Waals surface area contributed by atoms with Crippen LogP contribution in [0.15, 0.2) is 30.1 Å². The molecule has 0 fully saturated rings. The average molecular weight is 245 g/mol. The molecule has 2 aliphatic heterocycles. The van der Waals surface area contributed by atoms with Gasteiger partial charge in [0.25, 0.3) is 5.91 Å². The number of imidazole rings is 1. The number of aromatic nitrogens is 2. The van der Waals surface area contributed by atoms with Crippen LogP contribution in [0.1, 0.15) is 5.69 Å². The van der Waals surface area contributed by atoms with Crippen molar-refractivity contribution in [1.82, 2.24) is 20.6 Å². The molecule has 0 aliphatic carbocycles. The molecule has 3 rings (SSSR count). The van der Waals surface area contributed by atoms with Gasteiger partial charge in [-0.2, -0.15) is 4.98 Å². The van der Waals surface area contributed by atoms with Gasteiger partial charge in [-0.05, 0) is 23.9 Å². The van der Waals surface area contributed by atoms with Gasteiger partial charge in [0.05, 0.1) is 0 Å². The molecule has 6 N–H and O–H groups in total. The Morgan fingerprint density at radius 2 is 2.17 bits per heavy atom. The van der Waals surface area contributed by atoms with E-state index in [1.54, 1.807) is 18.4 Å². The molecule has 7 nitrogen and oxygen atoms in total. The third-order valence-corrected chi connectivity index (χ3v) is 2.86. The Morgan fingerprint density at radius 1 is 1.33 bits per heavy atom. The lowest BCUT2D eigenvalue weighted by molar-refractivity contribution is -0.120. The molecule has 0 saturated heterocycles. The lowest BCUT2D eigenvalue weighted by atomic mass is 10.0. The van der Waals surface area contributed by atoms with E-state index < -0.39 is 6.04 Å². The van der Waals surface area contributed by atoms with Crippen LogP contribution in [0.2, 0.25) is 0 Å². The highest BCUT2D eigenvalue weighted by molar-refractivity contribution is 5.95. The molecular weight excluding hydrogens is 234 g/mol. The smallest absolute Gasteiger partial charge is 0.251 e. The van der Waals surface area contributed by atoms with E-state index in [1.807, 2.05) is 0 Å². The van der Waals surface area contributed by atoms with Crippen molar-refractivity contribution >= 4 is 17.4 Å². The van der Waals surface area contributed by atoms with E-state index in [0.717, 1.165) is 5.57 Å². The Kier molecular flexibility index (Phi) is 2.12. The number of H-pyrrole nitrogens is 1. The minimum Gasteiger partial charge on any atom is -0.492 e. The molecule has 1 unspecified atom stereocenters. The number of nitrogens with zero attached hydrogens (tertiary/aromatic N) is 1. The first-order chi connectivity index (χ1) is 8.66. The molecule has 1 atom stereocenters. The van der Waals surface area contributed by atoms with Gasteiger partial charge in [0.2, 0.25) is 11.8 Å². The normalized spacial score (nSPS) is 21.6. The topological polar surface area (TPSA) is 116 Å². The quantitative estimate of drug-likeness (QED) is 0.461. The third kappa shape index (κ3) is 1.45. The number of carbonyl (C=O) groups excluding carboxylic acids is 1. The van der Waals surface area contributed by atoms with Gasteiger partial charge >= 0.3 is 0 Å². The maximum absolute atomic E-state index is 11.8. The first-order valence-electron chi connectivity index (χ1n) is 5.35. The van der Waals surface area contributed by atoms with Gasteiger partial charge in [-0.15, -0.1) is 0 Å². The molecule has 1 amide bonds. The zero-order valence-electron chi connectivity index (χ0n) is 9.27. The predicted molar refractivity (Wildman–Crippen MR) is 64.9 cm³/mol. The lowest BCUT2D eigenvalue weighted by Crippen LogP contribution is -2.37. The first-order valence-corrected chi connectivity index (χ1v) is 5.35. The molecule has 7 heteroatoms. The van der Waals surface area contributed by atoms with Crippen LogP contribution < -0.4 is 16.4 Å². The third-order valence-electron chi connectivity index (χ3n) is 2.86. The van der Waals surface area contributed by atoms with Crippen LogP contribution in [0.3, 0.4) is 0 Å². The zero-order chi connectivity index (χ0) is 12.7. The summed E-state index contributed by atoms with van der Waals surface area (Å²) < 4.78 is 0. The van der Waals surface area contributed by atoms with Crippen molar-refractivity contribution in [2.45, 2.75) is 6.04 Å². The van der Waals surface area contributed by atoms with Crippen molar-refractivity contribution in [3.05, 3.63) is 35.8 Å². The Balaban J connectivity index is 2.19. The van der Waals surface area contributed by atoms with Gasteiger partial charge in [-0.25, -0.2) is 0 Å². The summed E-state index contributed by atoms with van der Waals surface area (Å²) >= 11 is 0. The maximum Gasteiger partial charge on any atom is 0.251 e. The van der Waals surface area contributed by atoms with E-state index in [2.05, 4.69) is 20.6 Å². The Bertz CT molecular complexity index is 611. The molecular formula is C11H11N5O2. The second-order valence-corrected chi connectivity index (χ2v) is 3.96. The molecule has 1 aromatic rings. The number of allylic oxidation sites excluding steroid dienone is 2. The zero-order valence-corrected chi connectivity index (χ0v) is 9.27. The summed E-state index contributed by atoms with van der Waals surface area (Å²) in [5.41, 5.74) is 7.31. The van der Waals surface area contributed by atoms with Crippen LogP contribution in [0.4, 0.5) is 5.95 Å². The molecule has 1 aromatic heterocycles. The molecule has 0 spiro atoms. The van der Waals surface area contributed by atoms with Crippen LogP contribution in [0.25, 0.3) is 5.57 Å². The first kappa shape index (κ1) is 10.5. The highest BCUT2D eigenvalue weighted by Gasteiger charge is 2.29. The number of anilines is 1. The molecule has 0 saturated carbocycles. The van der Waals surface area contributed by atoms with Gasteiger partial charge in [0.1, 0.15) is 11.7 Å². The fourth-order valence-corrected chi connectivity index (χ4v) is 2.07. The number of carbonyl (C=O) groups is 1. The number of amides is 1. The number of aromatic hydroxyl groups is 1. The van der Waals surface area contributed by atoms with E-state index in [1.165, 1.54) is 6.20 Å². The number of aromatic amines is 1. The molecule has 0 bridgehead atoms. The van der Waals surface area contributed by atoms with E-state index in [0.29, 0.717) is 11.3 Å². The Morgan fingerprint density at radius 3 is 2.89 bits per heavy atom. The number of rotatable bonds is 1. The minimum atomic E-state index is -0.473. The lowest BCUT2D eigenvalue weighted by Gasteiger charge is -2.11. The second-order valence-electron chi connectivity index (χ2n) is 3.96. The Labute approximate surface area is 102 Å². The number of hydrogen-bond acceptors (Lipinski definition) is 5. The van der Waals surface area contributed by atoms with Crippen molar-refractivity contribution in [3.63, 3.8) is 0 Å². The summed E-state index contributed by atoms with van der Waals surface area (Å²) in [4.78, 5) is 18.2. The van der Waals surface area contributed by atoms with Gasteiger partial charge in [-0.1, -0.05) is 0 Å². The molecule has 2 aliphatic rings. The van der Waals surface area contributed by atoms with E-state index in [-0.39, 0.29) is 17.7 Å². The summed E-state index contributed by atoms with van der Waals surface area (Å²) in [6, 6.07) is -0.473. The fourth-order valence-electron chi connectivity index (χ4n) is 2.07. The summed E-state index contributed by atoms with van der Waals surface area (Å²) in [7, 11) is 0. The van der Waals surface area contributed by atoms with Crippen molar-refractivity contribution in [1.29, 1.82) is 0 Å². The summed E-state index contributed by atoms with van der Waals surface area (Å²) in [6.07, 6.45) is 6.69. The van der Waals surface area contributed by atoms with Crippen LogP contribution in [-0.4, -0.2) is 27.0 Å². The second kappa shape index (κ2) is 3.66. The van der Waals surface area contributed by atoms with E-state index in [9.17, 15) is 9.90 Å². The highest BCUT2D eigenvalue weighted by Crippen LogP contribution is 2.31. The standard InChI is InChI=1S/C11H11N5O2/c12-11-15-8(10(18)16-11)6-2-4-14-9(17)7-5(6)1-3-13-7/h1-4,7,13,18H,(H,14,17)(H3,12,15,16). The van der Waals surface area contributed by atoms with E-state index in [4.69, 9.17) is 5.73 Å². The Hall–Kier alpha value is -2.70. The summed E-state index contributed by atoms with van der Waals surface area (Å²) in [5, 5.41) is 15.3. The monoisotopic (exact) mass is 245 g/mol. The van der Waals surface area contributed by atoms with Crippen LogP contribution in [0, 0.1) is 0 Å². The average Bonchev–Trinajstić information content (AvgIpc) is 2.88. The SMILES string of the molecule is Nc1nc(O)c(C2=C3C=CNC3C(=O)NC=C2)[nH]1. The van der Waals surface area contributed by atoms with Crippen molar-refractivity contribution in [2.75, 3.05) is 5.73 Å². The summed E-state index contributed by atoms with van der Waals surface area (Å²) in [5.74, 6) is -0.222. The number of nitrogen functional groups attached to an aromatic ring is 1. The summed E-state index contributed by atoms with van der Waals surface area (Å²) in [6.45, 7) is 0. The highest BCUT2D eigenvalue weighted by atomic mass is 16.3. The van der Waals surface area contributed by atoms with Crippen LogP contribution >= 0.6 is 0 Å². The minimum absolute atomic E-state index is 0.124. The number of hydrogen-bond donors (Lipinski definition) is 5. The van der Waals surface area contributed by atoms with Crippen molar-refractivity contribution in [3.8, 4) is 5.88 Å². The molecule has 0 radical (unpaired) electrons. The molecule has 3 heterocycles. The van der Waals surface area contributed by atoms with Crippen LogP contribution in [-0.2, 0) is 4.79 Å². The van der Waals surface area contributed by atoms with Crippen LogP contribution in [0.5, 0.6) is 5.88 Å². The number of fused-ring (bicyclic) bond motifs is 1. The van der Waals surface area contributed by atoms with Gasteiger partial charge in [0.15, 0.2) is 0 Å². The molecule has 0 aromatic carbocycles. The molecule has 92 valence electrons. The predicted octanol–water partition coefficient (Wildman–Crippen LogP) is -0.420. The largest absolute Gasteiger partial charge is 0.492 e. The van der Waals surface area contributed by atoms with Crippen molar-refractivity contribution < 1.29 is 9.90 Å². The maximum atomic E-state index is 11.8. The number of nitrogens with two attached hydrogens (primary N) is 1.